The third kappa shape index (κ3) is 1.40. The van der Waals surface area contributed by atoms with Crippen LogP contribution in [-0.4, -0.2) is 4.98 Å². The van der Waals surface area contributed by atoms with E-state index < -0.39 is 0 Å². The van der Waals surface area contributed by atoms with E-state index in [1.807, 2.05) is 6.20 Å². The van der Waals surface area contributed by atoms with Gasteiger partial charge in [-0.05, 0) is 49.5 Å². The van der Waals surface area contributed by atoms with Crippen LogP contribution in [0.2, 0.25) is 0 Å². The smallest absolute Gasteiger partial charge is 0.00843 e. The zero-order chi connectivity index (χ0) is 13.8. The lowest BCUT2D eigenvalue weighted by Crippen LogP contribution is -1.86. The molecule has 5 rings (SSSR count). The fraction of sp³-hybridized carbons (Fsp3) is 0. The van der Waals surface area contributed by atoms with Crippen molar-refractivity contribution in [2.45, 2.75) is 0 Å². The standard InChI is InChI=1S/C20H13N/c1-2-13-4-5-15-6-8-17(16-10-11-21-12-16)18-9-7-14(3-1)19(13)20(15)18/h1-12,21H. The van der Waals surface area contributed by atoms with E-state index in [0.29, 0.717) is 0 Å². The van der Waals surface area contributed by atoms with Crippen molar-refractivity contribution in [3.05, 3.63) is 73.1 Å². The molecule has 1 heterocycles. The van der Waals surface area contributed by atoms with Crippen LogP contribution in [0.3, 0.4) is 0 Å². The molecule has 0 aliphatic heterocycles. The first-order valence-electron chi connectivity index (χ1n) is 7.21. The topological polar surface area (TPSA) is 15.8 Å². The lowest BCUT2D eigenvalue weighted by atomic mass is 9.90. The monoisotopic (exact) mass is 267 g/mol. The molecule has 4 aromatic carbocycles. The molecule has 21 heavy (non-hydrogen) atoms. The van der Waals surface area contributed by atoms with Gasteiger partial charge in [0, 0.05) is 12.4 Å². The Hall–Kier alpha value is -2.80. The minimum absolute atomic E-state index is 1.24. The predicted octanol–water partition coefficient (Wildman–Crippen LogP) is 5.58. The Morgan fingerprint density at radius 2 is 1.33 bits per heavy atom. The molecule has 5 aromatic rings. The van der Waals surface area contributed by atoms with Gasteiger partial charge in [0.05, 0.1) is 0 Å². The molecular weight excluding hydrogens is 254 g/mol. The molecule has 0 spiro atoms. The van der Waals surface area contributed by atoms with Gasteiger partial charge in [-0.25, -0.2) is 0 Å². The number of benzene rings is 4. The van der Waals surface area contributed by atoms with Crippen molar-refractivity contribution in [1.29, 1.82) is 0 Å². The lowest BCUT2D eigenvalue weighted by Gasteiger charge is -2.13. The van der Waals surface area contributed by atoms with Crippen LogP contribution in [0, 0.1) is 0 Å². The van der Waals surface area contributed by atoms with Crippen LogP contribution in [0.1, 0.15) is 0 Å². The normalized spacial score (nSPS) is 11.8. The van der Waals surface area contributed by atoms with Gasteiger partial charge in [0.25, 0.3) is 0 Å². The predicted molar refractivity (Wildman–Crippen MR) is 89.9 cm³/mol. The summed E-state index contributed by atoms with van der Waals surface area (Å²) in [5.41, 5.74) is 2.54. The fourth-order valence-electron chi connectivity index (χ4n) is 3.48. The molecule has 1 aromatic heterocycles. The molecule has 0 amide bonds. The molecule has 0 fully saturated rings. The third-order valence-corrected chi connectivity index (χ3v) is 4.44. The number of rotatable bonds is 1. The van der Waals surface area contributed by atoms with Gasteiger partial charge in [-0.3, -0.25) is 0 Å². The average Bonchev–Trinajstić information content (AvgIpc) is 3.07. The molecule has 1 nitrogen and oxygen atoms in total. The minimum atomic E-state index is 1.24. The van der Waals surface area contributed by atoms with E-state index >= 15 is 0 Å². The molecule has 0 saturated heterocycles. The van der Waals surface area contributed by atoms with Crippen LogP contribution in [0.4, 0.5) is 0 Å². The molecule has 0 aliphatic rings. The summed E-state index contributed by atoms with van der Waals surface area (Å²) < 4.78 is 0. The Bertz CT molecular complexity index is 1060. The summed E-state index contributed by atoms with van der Waals surface area (Å²) in [6, 6.07) is 22.1. The number of aromatic amines is 1. The number of H-pyrrole nitrogens is 1. The first-order chi connectivity index (χ1) is 10.4. The second kappa shape index (κ2) is 3.86. The SMILES string of the molecule is c1cc2ccc3ccc(-c4cc[nH]c4)c4ccc(c1)c2c34. The van der Waals surface area contributed by atoms with E-state index in [0.717, 1.165) is 0 Å². The van der Waals surface area contributed by atoms with Crippen LogP contribution in [0.5, 0.6) is 0 Å². The fourth-order valence-corrected chi connectivity index (χ4v) is 3.48. The van der Waals surface area contributed by atoms with Gasteiger partial charge in [-0.15, -0.1) is 0 Å². The van der Waals surface area contributed by atoms with E-state index in [4.69, 9.17) is 0 Å². The van der Waals surface area contributed by atoms with Gasteiger partial charge in [0.15, 0.2) is 0 Å². The molecule has 0 unspecified atom stereocenters. The Morgan fingerprint density at radius 1 is 0.619 bits per heavy atom. The van der Waals surface area contributed by atoms with Crippen molar-refractivity contribution in [2.75, 3.05) is 0 Å². The van der Waals surface area contributed by atoms with E-state index in [2.05, 4.69) is 71.8 Å². The molecule has 0 atom stereocenters. The second-order valence-electron chi connectivity index (χ2n) is 5.57. The van der Waals surface area contributed by atoms with Gasteiger partial charge in [-0.1, -0.05) is 54.6 Å². The van der Waals surface area contributed by atoms with Crippen LogP contribution >= 0.6 is 0 Å². The molecule has 0 saturated carbocycles. The van der Waals surface area contributed by atoms with Crippen molar-refractivity contribution in [2.24, 2.45) is 0 Å². The Labute approximate surface area is 122 Å². The first kappa shape index (κ1) is 10.9. The van der Waals surface area contributed by atoms with Crippen molar-refractivity contribution >= 4 is 32.3 Å². The summed E-state index contributed by atoms with van der Waals surface area (Å²) in [5.74, 6) is 0. The van der Waals surface area contributed by atoms with Gasteiger partial charge in [0.1, 0.15) is 0 Å². The Morgan fingerprint density at radius 3 is 2.10 bits per heavy atom. The summed E-state index contributed by atoms with van der Waals surface area (Å²) in [4.78, 5) is 3.16. The van der Waals surface area contributed by atoms with Crippen LogP contribution in [-0.2, 0) is 0 Å². The summed E-state index contributed by atoms with van der Waals surface area (Å²) >= 11 is 0. The maximum atomic E-state index is 3.16. The Kier molecular flexibility index (Phi) is 2.01. The maximum Gasteiger partial charge on any atom is 0.00843 e. The van der Waals surface area contributed by atoms with E-state index in [9.17, 15) is 0 Å². The van der Waals surface area contributed by atoms with Gasteiger partial charge in [0.2, 0.25) is 0 Å². The second-order valence-corrected chi connectivity index (χ2v) is 5.57. The molecule has 98 valence electrons. The van der Waals surface area contributed by atoms with Crippen LogP contribution in [0.15, 0.2) is 73.1 Å². The average molecular weight is 267 g/mol. The van der Waals surface area contributed by atoms with Gasteiger partial charge < -0.3 is 4.98 Å². The van der Waals surface area contributed by atoms with E-state index in [-0.39, 0.29) is 0 Å². The van der Waals surface area contributed by atoms with Gasteiger partial charge >= 0.3 is 0 Å². The number of aromatic nitrogens is 1. The summed E-state index contributed by atoms with van der Waals surface area (Å²) in [7, 11) is 0. The number of hydrogen-bond acceptors (Lipinski definition) is 0. The summed E-state index contributed by atoms with van der Waals surface area (Å²) in [6.45, 7) is 0. The quantitative estimate of drug-likeness (QED) is 0.382. The molecule has 0 radical (unpaired) electrons. The van der Waals surface area contributed by atoms with E-state index in [1.165, 1.54) is 43.4 Å². The molecule has 1 heteroatoms. The molecule has 0 bridgehead atoms. The van der Waals surface area contributed by atoms with Crippen LogP contribution in [0.25, 0.3) is 43.4 Å². The molecule has 1 N–H and O–H groups in total. The Balaban J connectivity index is 2.07. The van der Waals surface area contributed by atoms with Crippen molar-refractivity contribution in [3.8, 4) is 11.1 Å². The summed E-state index contributed by atoms with van der Waals surface area (Å²) in [5, 5.41) is 8.04. The van der Waals surface area contributed by atoms with Crippen molar-refractivity contribution in [1.82, 2.24) is 4.98 Å². The lowest BCUT2D eigenvalue weighted by molar-refractivity contribution is 1.41. The van der Waals surface area contributed by atoms with Crippen molar-refractivity contribution in [3.63, 3.8) is 0 Å². The third-order valence-electron chi connectivity index (χ3n) is 4.44. The largest absolute Gasteiger partial charge is 0.367 e. The molecule has 0 aliphatic carbocycles. The number of nitrogens with one attached hydrogen (secondary N) is 1. The highest BCUT2D eigenvalue weighted by Crippen LogP contribution is 2.38. The molecular formula is C20H13N. The van der Waals surface area contributed by atoms with Crippen molar-refractivity contribution < 1.29 is 0 Å². The summed E-state index contributed by atoms with van der Waals surface area (Å²) in [6.07, 6.45) is 4.04. The van der Waals surface area contributed by atoms with Gasteiger partial charge in [-0.2, -0.15) is 0 Å². The highest BCUT2D eigenvalue weighted by Gasteiger charge is 2.11. The minimum Gasteiger partial charge on any atom is -0.367 e. The highest BCUT2D eigenvalue weighted by molar-refractivity contribution is 6.25. The highest BCUT2D eigenvalue weighted by atomic mass is 14.6. The number of hydrogen-bond donors (Lipinski definition) is 1. The first-order valence-corrected chi connectivity index (χ1v) is 7.21. The zero-order valence-electron chi connectivity index (χ0n) is 11.4. The van der Waals surface area contributed by atoms with E-state index in [1.54, 1.807) is 0 Å². The maximum absolute atomic E-state index is 3.16. The van der Waals surface area contributed by atoms with Crippen LogP contribution < -0.4 is 0 Å². The zero-order valence-corrected chi connectivity index (χ0v) is 11.4.